The van der Waals surface area contributed by atoms with E-state index in [1.54, 1.807) is 0 Å². The molecule has 0 saturated carbocycles. The number of carbonyl (C=O) groups excluding carboxylic acids is 1. The fraction of sp³-hybridized carbons (Fsp3) is 0.900. The molecule has 0 bridgehead atoms. The fourth-order valence-electron chi connectivity index (χ4n) is 0.975. The zero-order valence-electron chi connectivity index (χ0n) is 9.49. The van der Waals surface area contributed by atoms with Crippen molar-refractivity contribution in [2.75, 3.05) is 26.3 Å². The normalized spacial score (nSPS) is 8.93. The van der Waals surface area contributed by atoms with Crippen molar-refractivity contribution in [1.29, 1.82) is 0 Å². The molecule has 2 N–H and O–H groups in total. The number of amides is 1. The van der Waals surface area contributed by atoms with Gasteiger partial charge in [0.25, 0.3) is 0 Å². The summed E-state index contributed by atoms with van der Waals surface area (Å²) in [6.07, 6.45) is 1.28. The van der Waals surface area contributed by atoms with Crippen LogP contribution in [0.5, 0.6) is 0 Å². The number of aliphatic hydroxyl groups is 2. The number of carbonyl (C=O) groups is 1. The molecule has 0 aliphatic rings. The predicted octanol–water partition coefficient (Wildman–Crippen LogP) is 0.626. The molecule has 0 unspecified atom stereocenters. The highest BCUT2D eigenvalue weighted by molar-refractivity contribution is 5.76. The molecule has 14 heavy (non-hydrogen) atoms. The molecule has 0 aromatic heterocycles. The molecule has 86 valence electrons. The van der Waals surface area contributed by atoms with E-state index in [9.17, 15) is 4.79 Å². The minimum absolute atomic E-state index is 0.000556. The molecule has 0 aromatic rings. The Kier molecular flexibility index (Phi) is 14.0. The van der Waals surface area contributed by atoms with Gasteiger partial charge in [0, 0.05) is 19.5 Å². The van der Waals surface area contributed by atoms with Gasteiger partial charge in [-0.1, -0.05) is 20.8 Å². The highest BCUT2D eigenvalue weighted by Gasteiger charge is 2.10. The summed E-state index contributed by atoms with van der Waals surface area (Å²) in [6.45, 7) is 6.47. The summed E-state index contributed by atoms with van der Waals surface area (Å²) in [6, 6.07) is 0. The minimum atomic E-state index is -0.0462. The lowest BCUT2D eigenvalue weighted by Gasteiger charge is -2.20. The third-order valence-electron chi connectivity index (χ3n) is 1.56. The Bertz CT molecular complexity index is 123. The molecule has 1 amide bonds. The molecule has 0 spiro atoms. The van der Waals surface area contributed by atoms with Crippen LogP contribution in [0.2, 0.25) is 0 Å². The van der Waals surface area contributed by atoms with Crippen LogP contribution >= 0.6 is 0 Å². The van der Waals surface area contributed by atoms with Crippen molar-refractivity contribution in [2.45, 2.75) is 33.6 Å². The van der Waals surface area contributed by atoms with Crippen LogP contribution in [-0.4, -0.2) is 47.3 Å². The van der Waals surface area contributed by atoms with Crippen molar-refractivity contribution in [3.05, 3.63) is 0 Å². The topological polar surface area (TPSA) is 60.8 Å². The Morgan fingerprint density at radius 3 is 1.86 bits per heavy atom. The monoisotopic (exact) mass is 205 g/mol. The first-order chi connectivity index (χ1) is 6.76. The third-order valence-corrected chi connectivity index (χ3v) is 1.56. The maximum absolute atomic E-state index is 11.2. The maximum Gasteiger partial charge on any atom is 0.222 e. The van der Waals surface area contributed by atoms with Crippen molar-refractivity contribution >= 4 is 5.91 Å². The fourth-order valence-corrected chi connectivity index (χ4v) is 0.975. The molecule has 0 heterocycles. The van der Waals surface area contributed by atoms with Crippen LogP contribution in [0.1, 0.15) is 33.6 Å². The van der Waals surface area contributed by atoms with E-state index in [0.717, 1.165) is 6.42 Å². The first-order valence-corrected chi connectivity index (χ1v) is 5.25. The van der Waals surface area contributed by atoms with Gasteiger partial charge in [0.05, 0.1) is 13.2 Å². The highest BCUT2D eigenvalue weighted by atomic mass is 16.3. The second-order valence-electron chi connectivity index (χ2n) is 2.58. The van der Waals surface area contributed by atoms with Gasteiger partial charge in [0.15, 0.2) is 0 Å². The van der Waals surface area contributed by atoms with Crippen LogP contribution in [0.15, 0.2) is 0 Å². The van der Waals surface area contributed by atoms with Gasteiger partial charge in [-0.3, -0.25) is 4.79 Å². The molecule has 0 rings (SSSR count). The number of rotatable bonds is 6. The number of hydrogen-bond acceptors (Lipinski definition) is 3. The molecule has 0 saturated heterocycles. The van der Waals surface area contributed by atoms with E-state index in [0.29, 0.717) is 19.5 Å². The number of nitrogens with zero attached hydrogens (tertiary/aromatic N) is 1. The van der Waals surface area contributed by atoms with Crippen LogP contribution in [0, 0.1) is 0 Å². The quantitative estimate of drug-likeness (QED) is 0.668. The lowest BCUT2D eigenvalue weighted by molar-refractivity contribution is -0.132. The molecular formula is C10H23NO3. The summed E-state index contributed by atoms with van der Waals surface area (Å²) < 4.78 is 0. The largest absolute Gasteiger partial charge is 0.395 e. The van der Waals surface area contributed by atoms with Gasteiger partial charge in [-0.05, 0) is 6.42 Å². The van der Waals surface area contributed by atoms with Crippen molar-refractivity contribution in [2.24, 2.45) is 0 Å². The van der Waals surface area contributed by atoms with Crippen LogP contribution in [0.4, 0.5) is 0 Å². The zero-order valence-corrected chi connectivity index (χ0v) is 9.49. The van der Waals surface area contributed by atoms with Crippen molar-refractivity contribution in [3.8, 4) is 0 Å². The minimum Gasteiger partial charge on any atom is -0.395 e. The van der Waals surface area contributed by atoms with Crippen molar-refractivity contribution in [1.82, 2.24) is 4.90 Å². The van der Waals surface area contributed by atoms with Gasteiger partial charge in [-0.25, -0.2) is 0 Å². The average Bonchev–Trinajstić information content (AvgIpc) is 2.21. The number of hydrogen-bond donors (Lipinski definition) is 2. The number of aliphatic hydroxyl groups excluding tert-OH is 2. The molecule has 0 aromatic carbocycles. The molecular weight excluding hydrogens is 182 g/mol. The van der Waals surface area contributed by atoms with Gasteiger partial charge in [-0.15, -0.1) is 0 Å². The highest BCUT2D eigenvalue weighted by Crippen LogP contribution is 1.96. The summed E-state index contributed by atoms with van der Waals surface area (Å²) in [7, 11) is 0. The van der Waals surface area contributed by atoms with Gasteiger partial charge >= 0.3 is 0 Å². The van der Waals surface area contributed by atoms with E-state index in [1.165, 1.54) is 4.90 Å². The molecule has 4 nitrogen and oxygen atoms in total. The van der Waals surface area contributed by atoms with E-state index in [4.69, 9.17) is 10.2 Å². The lowest BCUT2D eigenvalue weighted by Crippen LogP contribution is -2.35. The van der Waals surface area contributed by atoms with E-state index in [1.807, 2.05) is 20.8 Å². The van der Waals surface area contributed by atoms with E-state index >= 15 is 0 Å². The standard InChI is InChI=1S/C8H17NO3.C2H6/c1-2-3-8(12)9(4-6-10)5-7-11;1-2/h10-11H,2-7H2,1H3;1-2H3. The van der Waals surface area contributed by atoms with Crippen molar-refractivity contribution in [3.63, 3.8) is 0 Å². The average molecular weight is 205 g/mol. The van der Waals surface area contributed by atoms with Gasteiger partial charge in [0.2, 0.25) is 5.91 Å². The first kappa shape index (κ1) is 15.8. The summed E-state index contributed by atoms with van der Waals surface area (Å²) in [5.74, 6) is 0.000556. The Morgan fingerprint density at radius 2 is 1.57 bits per heavy atom. The van der Waals surface area contributed by atoms with Crippen LogP contribution in [0.3, 0.4) is 0 Å². The Hall–Kier alpha value is -0.610. The summed E-state index contributed by atoms with van der Waals surface area (Å²) in [5.41, 5.74) is 0. The molecule has 4 heteroatoms. The Labute approximate surface area is 86.5 Å². The second-order valence-corrected chi connectivity index (χ2v) is 2.58. The SMILES string of the molecule is CC.CCCC(=O)N(CCO)CCO. The Morgan fingerprint density at radius 1 is 1.14 bits per heavy atom. The van der Waals surface area contributed by atoms with Crippen molar-refractivity contribution < 1.29 is 15.0 Å². The molecule has 0 fully saturated rings. The van der Waals surface area contributed by atoms with Crippen LogP contribution in [-0.2, 0) is 4.79 Å². The smallest absolute Gasteiger partial charge is 0.222 e. The van der Waals surface area contributed by atoms with Gasteiger partial charge in [-0.2, -0.15) is 0 Å². The van der Waals surface area contributed by atoms with Crippen LogP contribution < -0.4 is 0 Å². The van der Waals surface area contributed by atoms with E-state index < -0.39 is 0 Å². The zero-order chi connectivity index (χ0) is 11.4. The summed E-state index contributed by atoms with van der Waals surface area (Å²) in [5, 5.41) is 17.2. The van der Waals surface area contributed by atoms with E-state index in [2.05, 4.69) is 0 Å². The summed E-state index contributed by atoms with van der Waals surface area (Å²) >= 11 is 0. The maximum atomic E-state index is 11.2. The van der Waals surface area contributed by atoms with Crippen LogP contribution in [0.25, 0.3) is 0 Å². The lowest BCUT2D eigenvalue weighted by atomic mass is 10.3. The molecule has 0 aliphatic carbocycles. The third kappa shape index (κ3) is 8.01. The molecule has 0 radical (unpaired) electrons. The van der Waals surface area contributed by atoms with E-state index in [-0.39, 0.29) is 19.1 Å². The second kappa shape index (κ2) is 12.4. The van der Waals surface area contributed by atoms with Gasteiger partial charge in [0.1, 0.15) is 0 Å². The Balaban J connectivity index is 0. The first-order valence-electron chi connectivity index (χ1n) is 5.25. The predicted molar refractivity (Wildman–Crippen MR) is 57.0 cm³/mol. The molecule has 0 aliphatic heterocycles. The molecule has 0 atom stereocenters. The van der Waals surface area contributed by atoms with Gasteiger partial charge < -0.3 is 15.1 Å². The summed E-state index contributed by atoms with van der Waals surface area (Å²) in [4.78, 5) is 12.7.